The monoisotopic (exact) mass is 384 g/mol. The fourth-order valence-electron chi connectivity index (χ4n) is 3.53. The smallest absolute Gasteiger partial charge is 0.289 e. The zero-order valence-corrected chi connectivity index (χ0v) is 15.2. The van der Waals surface area contributed by atoms with Gasteiger partial charge in [-0.3, -0.25) is 4.79 Å². The largest absolute Gasteiger partial charge is 0.454 e. The maximum atomic E-state index is 12.8. The van der Waals surface area contributed by atoms with E-state index in [0.29, 0.717) is 29.5 Å². The molecule has 0 unspecified atom stereocenters. The summed E-state index contributed by atoms with van der Waals surface area (Å²) < 4.78 is 16.5. The van der Waals surface area contributed by atoms with Crippen molar-refractivity contribution in [3.8, 4) is 11.5 Å². The van der Waals surface area contributed by atoms with Crippen LogP contribution < -0.4 is 14.4 Å². The third kappa shape index (κ3) is 2.96. The van der Waals surface area contributed by atoms with E-state index in [1.165, 1.54) is 0 Å². The highest BCUT2D eigenvalue weighted by Crippen LogP contribution is 2.35. The molecule has 0 aliphatic carbocycles. The van der Waals surface area contributed by atoms with Crippen molar-refractivity contribution in [1.29, 1.82) is 0 Å². The summed E-state index contributed by atoms with van der Waals surface area (Å²) in [6.07, 6.45) is 0. The van der Waals surface area contributed by atoms with Gasteiger partial charge in [0, 0.05) is 48.3 Å². The van der Waals surface area contributed by atoms with Crippen LogP contribution in [0.2, 0.25) is 5.02 Å². The third-order valence-electron chi connectivity index (χ3n) is 4.98. The van der Waals surface area contributed by atoms with Gasteiger partial charge in [-0.25, -0.2) is 0 Å². The maximum absolute atomic E-state index is 12.8. The summed E-state index contributed by atoms with van der Waals surface area (Å²) in [5.41, 5.74) is 1.74. The molecule has 7 heteroatoms. The number of fused-ring (bicyclic) bond motifs is 2. The molecule has 0 N–H and O–H groups in total. The molecule has 27 heavy (non-hydrogen) atoms. The normalized spacial score (nSPS) is 16.2. The minimum Gasteiger partial charge on any atom is -0.454 e. The van der Waals surface area contributed by atoms with Crippen molar-refractivity contribution >= 4 is 34.2 Å². The average molecular weight is 385 g/mol. The molecule has 0 radical (unpaired) electrons. The molecule has 3 aromatic rings. The second kappa shape index (κ2) is 6.39. The summed E-state index contributed by atoms with van der Waals surface area (Å²) in [6, 6.07) is 13.0. The minimum atomic E-state index is -0.0901. The highest BCUT2D eigenvalue weighted by molar-refractivity contribution is 6.31. The first-order valence-electron chi connectivity index (χ1n) is 8.80. The van der Waals surface area contributed by atoms with Gasteiger partial charge in [-0.05, 0) is 36.4 Å². The number of halogens is 1. The molecule has 2 aromatic carbocycles. The van der Waals surface area contributed by atoms with Gasteiger partial charge in [0.05, 0.1) is 0 Å². The number of furan rings is 1. The van der Waals surface area contributed by atoms with E-state index in [4.69, 9.17) is 25.5 Å². The van der Waals surface area contributed by atoms with Crippen LogP contribution in [0.4, 0.5) is 5.69 Å². The molecular weight excluding hydrogens is 368 g/mol. The summed E-state index contributed by atoms with van der Waals surface area (Å²) >= 11 is 6.01. The molecule has 2 aliphatic rings. The van der Waals surface area contributed by atoms with Crippen LogP contribution in [0, 0.1) is 0 Å². The van der Waals surface area contributed by atoms with Gasteiger partial charge in [0.15, 0.2) is 17.3 Å². The number of benzene rings is 2. The molecule has 1 fully saturated rings. The molecule has 3 heterocycles. The molecule has 1 amide bonds. The molecule has 5 rings (SSSR count). The molecule has 1 saturated heterocycles. The Bertz CT molecular complexity index is 1020. The van der Waals surface area contributed by atoms with Crippen LogP contribution in [0.5, 0.6) is 11.5 Å². The molecule has 0 spiro atoms. The Balaban J connectivity index is 1.28. The first-order valence-corrected chi connectivity index (χ1v) is 9.18. The van der Waals surface area contributed by atoms with E-state index in [1.54, 1.807) is 24.3 Å². The lowest BCUT2D eigenvalue weighted by molar-refractivity contribution is 0.0717. The first kappa shape index (κ1) is 16.3. The lowest BCUT2D eigenvalue weighted by atomic mass is 10.2. The Morgan fingerprint density at radius 1 is 0.926 bits per heavy atom. The zero-order chi connectivity index (χ0) is 18.4. The topological polar surface area (TPSA) is 55.2 Å². The fourth-order valence-corrected chi connectivity index (χ4v) is 3.71. The van der Waals surface area contributed by atoms with Gasteiger partial charge in [-0.2, -0.15) is 0 Å². The van der Waals surface area contributed by atoms with Crippen LogP contribution in [-0.4, -0.2) is 43.8 Å². The summed E-state index contributed by atoms with van der Waals surface area (Å²) in [5.74, 6) is 1.81. The van der Waals surface area contributed by atoms with Crippen LogP contribution in [0.15, 0.2) is 46.9 Å². The number of ether oxygens (including phenoxy) is 2. The van der Waals surface area contributed by atoms with Gasteiger partial charge in [0.25, 0.3) is 5.91 Å². The van der Waals surface area contributed by atoms with Crippen molar-refractivity contribution < 1.29 is 18.7 Å². The number of amides is 1. The van der Waals surface area contributed by atoms with Crippen molar-refractivity contribution in [1.82, 2.24) is 4.90 Å². The number of carbonyl (C=O) groups excluding carboxylic acids is 1. The van der Waals surface area contributed by atoms with Crippen molar-refractivity contribution in [3.63, 3.8) is 0 Å². The van der Waals surface area contributed by atoms with Crippen LogP contribution in [0.25, 0.3) is 11.0 Å². The van der Waals surface area contributed by atoms with E-state index in [9.17, 15) is 4.79 Å². The molecular formula is C20H17ClN2O4. The van der Waals surface area contributed by atoms with Crippen molar-refractivity contribution in [3.05, 3.63) is 53.2 Å². The number of rotatable bonds is 2. The molecule has 138 valence electrons. The van der Waals surface area contributed by atoms with Crippen LogP contribution in [0.3, 0.4) is 0 Å². The summed E-state index contributed by atoms with van der Waals surface area (Å²) in [6.45, 7) is 3.02. The molecule has 2 aliphatic heterocycles. The van der Waals surface area contributed by atoms with Crippen LogP contribution in [-0.2, 0) is 0 Å². The summed E-state index contributed by atoms with van der Waals surface area (Å²) in [5, 5.41) is 1.46. The van der Waals surface area contributed by atoms with Crippen LogP contribution in [0.1, 0.15) is 10.6 Å². The number of hydrogen-bond acceptors (Lipinski definition) is 5. The summed E-state index contributed by atoms with van der Waals surface area (Å²) in [4.78, 5) is 16.9. The van der Waals surface area contributed by atoms with Gasteiger partial charge in [0.1, 0.15) is 5.58 Å². The Labute approximate surface area is 160 Å². The van der Waals surface area contributed by atoms with E-state index in [0.717, 1.165) is 35.7 Å². The Morgan fingerprint density at radius 2 is 1.74 bits per heavy atom. The van der Waals surface area contributed by atoms with E-state index in [1.807, 2.05) is 23.1 Å². The molecule has 1 aromatic heterocycles. The molecule has 0 atom stereocenters. The average Bonchev–Trinajstić information content (AvgIpc) is 3.33. The van der Waals surface area contributed by atoms with E-state index in [-0.39, 0.29) is 12.7 Å². The zero-order valence-electron chi connectivity index (χ0n) is 14.5. The van der Waals surface area contributed by atoms with E-state index >= 15 is 0 Å². The lowest BCUT2D eigenvalue weighted by Gasteiger charge is -2.35. The highest BCUT2D eigenvalue weighted by Gasteiger charge is 2.25. The predicted octanol–water partition coefficient (Wildman–Crippen LogP) is 3.78. The lowest BCUT2D eigenvalue weighted by Crippen LogP contribution is -2.48. The second-order valence-corrected chi connectivity index (χ2v) is 7.05. The standard InChI is InChI=1S/C20H17ClN2O4/c21-14-1-3-16-13(9-14)10-19(27-16)20(24)23-7-5-22(6-8-23)15-2-4-17-18(11-15)26-12-25-17/h1-4,9-11H,5-8,12H2. The van der Waals surface area contributed by atoms with E-state index in [2.05, 4.69) is 4.90 Å². The van der Waals surface area contributed by atoms with Gasteiger partial charge in [-0.15, -0.1) is 0 Å². The van der Waals surface area contributed by atoms with E-state index < -0.39 is 0 Å². The Kier molecular flexibility index (Phi) is 3.86. The molecule has 0 bridgehead atoms. The van der Waals surface area contributed by atoms with Gasteiger partial charge in [0.2, 0.25) is 6.79 Å². The van der Waals surface area contributed by atoms with Gasteiger partial charge >= 0.3 is 0 Å². The fraction of sp³-hybridized carbons (Fsp3) is 0.250. The number of piperazine rings is 1. The van der Waals surface area contributed by atoms with Crippen LogP contribution >= 0.6 is 11.6 Å². The van der Waals surface area contributed by atoms with Gasteiger partial charge < -0.3 is 23.7 Å². The predicted molar refractivity (Wildman–Crippen MR) is 102 cm³/mol. The van der Waals surface area contributed by atoms with Gasteiger partial charge in [-0.1, -0.05) is 11.6 Å². The first-order chi connectivity index (χ1) is 13.2. The summed E-state index contributed by atoms with van der Waals surface area (Å²) in [7, 11) is 0. The third-order valence-corrected chi connectivity index (χ3v) is 5.21. The number of carbonyl (C=O) groups is 1. The molecule has 6 nitrogen and oxygen atoms in total. The maximum Gasteiger partial charge on any atom is 0.289 e. The SMILES string of the molecule is O=C(c1cc2cc(Cl)ccc2o1)N1CCN(c2ccc3c(c2)OCO3)CC1. The van der Waals surface area contributed by atoms with Crippen molar-refractivity contribution in [2.24, 2.45) is 0 Å². The number of anilines is 1. The highest BCUT2D eigenvalue weighted by atomic mass is 35.5. The quantitative estimate of drug-likeness (QED) is 0.673. The molecule has 0 saturated carbocycles. The minimum absolute atomic E-state index is 0.0901. The number of nitrogens with zero attached hydrogens (tertiary/aromatic N) is 2. The van der Waals surface area contributed by atoms with Crippen molar-refractivity contribution in [2.75, 3.05) is 37.9 Å². The van der Waals surface area contributed by atoms with Crippen molar-refractivity contribution in [2.45, 2.75) is 0 Å². The second-order valence-electron chi connectivity index (χ2n) is 6.61. The Hall–Kier alpha value is -2.86. The number of hydrogen-bond donors (Lipinski definition) is 0. The Morgan fingerprint density at radius 3 is 2.59 bits per heavy atom.